The first kappa shape index (κ1) is 12.7. The second-order valence-corrected chi connectivity index (χ2v) is 5.53. The molecule has 2 unspecified atom stereocenters. The number of carbonyl (C=O) groups is 1. The topological polar surface area (TPSA) is 42.7 Å². The molecule has 0 radical (unpaired) electrons. The molecule has 2 saturated heterocycles. The Hall–Kier alpha value is -1.29. The minimum absolute atomic E-state index is 0.143. The second-order valence-electron chi connectivity index (χ2n) is 5.53. The van der Waals surface area contributed by atoms with Crippen LogP contribution >= 0.6 is 0 Å². The van der Waals surface area contributed by atoms with Crippen LogP contribution in [-0.4, -0.2) is 36.6 Å². The number of likely N-dealkylation sites (tertiary alicyclic amines) is 1. The van der Waals surface area contributed by atoms with Gasteiger partial charge in [-0.25, -0.2) is 0 Å². The molecule has 0 N–H and O–H groups in total. The molecule has 2 aliphatic rings. The molecule has 104 valence electrons. The molecular weight excluding hydrogens is 242 g/mol. The summed E-state index contributed by atoms with van der Waals surface area (Å²) in [5.41, 5.74) is 0. The van der Waals surface area contributed by atoms with Crippen LogP contribution in [0.3, 0.4) is 0 Å². The standard InChI is InChI=1S/C15H21NO3/c17-15(10-13-4-1-2-8-18-13)16-7-6-12(11-16)14-5-3-9-19-14/h3,5,9,12-13H,1-2,4,6-8,10-11H2. The Bertz CT molecular complexity index is 409. The highest BCUT2D eigenvalue weighted by molar-refractivity contribution is 5.77. The van der Waals surface area contributed by atoms with Gasteiger partial charge < -0.3 is 14.1 Å². The first-order valence-electron chi connectivity index (χ1n) is 7.25. The summed E-state index contributed by atoms with van der Waals surface area (Å²) in [5.74, 6) is 1.61. The Balaban J connectivity index is 1.51. The molecule has 0 spiro atoms. The predicted octanol–water partition coefficient (Wildman–Crippen LogP) is 2.55. The molecule has 1 aromatic heterocycles. The molecule has 3 rings (SSSR count). The molecule has 19 heavy (non-hydrogen) atoms. The quantitative estimate of drug-likeness (QED) is 0.841. The fraction of sp³-hybridized carbons (Fsp3) is 0.667. The number of ether oxygens (including phenoxy) is 1. The highest BCUT2D eigenvalue weighted by Crippen LogP contribution is 2.28. The highest BCUT2D eigenvalue weighted by Gasteiger charge is 2.30. The second kappa shape index (κ2) is 5.78. The molecule has 0 aliphatic carbocycles. The van der Waals surface area contributed by atoms with Crippen LogP contribution in [0.2, 0.25) is 0 Å². The SMILES string of the molecule is O=C(CC1CCCCO1)N1CCC(c2ccco2)C1. The number of hydrogen-bond acceptors (Lipinski definition) is 3. The van der Waals surface area contributed by atoms with Gasteiger partial charge in [-0.3, -0.25) is 4.79 Å². The Morgan fingerprint density at radius 2 is 2.32 bits per heavy atom. The van der Waals surface area contributed by atoms with E-state index in [9.17, 15) is 4.79 Å². The zero-order valence-corrected chi connectivity index (χ0v) is 11.2. The molecule has 2 fully saturated rings. The van der Waals surface area contributed by atoms with Crippen molar-refractivity contribution in [3.8, 4) is 0 Å². The lowest BCUT2D eigenvalue weighted by Crippen LogP contribution is -2.33. The van der Waals surface area contributed by atoms with Crippen molar-refractivity contribution in [2.24, 2.45) is 0 Å². The first-order chi connectivity index (χ1) is 9.33. The molecule has 3 heterocycles. The summed E-state index contributed by atoms with van der Waals surface area (Å²) >= 11 is 0. The monoisotopic (exact) mass is 263 g/mol. The highest BCUT2D eigenvalue weighted by atomic mass is 16.5. The molecule has 1 aromatic rings. The summed E-state index contributed by atoms with van der Waals surface area (Å²) < 4.78 is 11.1. The van der Waals surface area contributed by atoms with Crippen LogP contribution < -0.4 is 0 Å². The van der Waals surface area contributed by atoms with Gasteiger partial charge >= 0.3 is 0 Å². The number of hydrogen-bond donors (Lipinski definition) is 0. The molecule has 0 saturated carbocycles. The lowest BCUT2D eigenvalue weighted by atomic mass is 10.1. The number of carbonyl (C=O) groups excluding carboxylic acids is 1. The third-order valence-corrected chi connectivity index (χ3v) is 4.16. The maximum Gasteiger partial charge on any atom is 0.225 e. The molecule has 4 nitrogen and oxygen atoms in total. The lowest BCUT2D eigenvalue weighted by Gasteiger charge is -2.24. The van der Waals surface area contributed by atoms with Crippen molar-refractivity contribution in [2.45, 2.75) is 44.1 Å². The summed E-state index contributed by atoms with van der Waals surface area (Å²) in [6.07, 6.45) is 6.75. The van der Waals surface area contributed by atoms with E-state index in [4.69, 9.17) is 9.15 Å². The molecule has 1 amide bonds. The van der Waals surface area contributed by atoms with Crippen LogP contribution in [0.15, 0.2) is 22.8 Å². The summed E-state index contributed by atoms with van der Waals surface area (Å²) in [5, 5.41) is 0. The van der Waals surface area contributed by atoms with E-state index in [0.717, 1.165) is 44.7 Å². The normalized spacial score (nSPS) is 27.7. The van der Waals surface area contributed by atoms with Crippen LogP contribution in [0.4, 0.5) is 0 Å². The van der Waals surface area contributed by atoms with Gasteiger partial charge in [0.25, 0.3) is 0 Å². The zero-order chi connectivity index (χ0) is 13.1. The van der Waals surface area contributed by atoms with Gasteiger partial charge in [0, 0.05) is 25.6 Å². The number of amides is 1. The molecule has 4 heteroatoms. The fourth-order valence-electron chi connectivity index (χ4n) is 3.03. The van der Waals surface area contributed by atoms with Gasteiger partial charge in [0.05, 0.1) is 18.8 Å². The zero-order valence-electron chi connectivity index (χ0n) is 11.2. The van der Waals surface area contributed by atoms with Crippen molar-refractivity contribution >= 4 is 5.91 Å². The fourth-order valence-corrected chi connectivity index (χ4v) is 3.03. The van der Waals surface area contributed by atoms with Gasteiger partial charge in [0.2, 0.25) is 5.91 Å². The van der Waals surface area contributed by atoms with E-state index in [0.29, 0.717) is 12.3 Å². The Morgan fingerprint density at radius 1 is 1.37 bits per heavy atom. The smallest absolute Gasteiger partial charge is 0.225 e. The summed E-state index contributed by atoms with van der Waals surface area (Å²) in [4.78, 5) is 14.2. The minimum atomic E-state index is 0.143. The molecule has 0 aromatic carbocycles. The Kier molecular flexibility index (Phi) is 3.87. The molecular formula is C15H21NO3. The van der Waals surface area contributed by atoms with Gasteiger partial charge in [-0.05, 0) is 37.8 Å². The van der Waals surface area contributed by atoms with Gasteiger partial charge in [-0.15, -0.1) is 0 Å². The van der Waals surface area contributed by atoms with Crippen molar-refractivity contribution in [2.75, 3.05) is 19.7 Å². The van der Waals surface area contributed by atoms with E-state index in [2.05, 4.69) is 0 Å². The van der Waals surface area contributed by atoms with Crippen LogP contribution in [0.25, 0.3) is 0 Å². The average Bonchev–Trinajstić information content (AvgIpc) is 3.11. The maximum absolute atomic E-state index is 12.2. The van der Waals surface area contributed by atoms with Crippen LogP contribution in [0.5, 0.6) is 0 Å². The Labute approximate surface area is 113 Å². The largest absolute Gasteiger partial charge is 0.469 e. The maximum atomic E-state index is 12.2. The van der Waals surface area contributed by atoms with Crippen molar-refractivity contribution in [1.82, 2.24) is 4.90 Å². The summed E-state index contributed by atoms with van der Waals surface area (Å²) in [6.45, 7) is 2.45. The van der Waals surface area contributed by atoms with E-state index < -0.39 is 0 Å². The minimum Gasteiger partial charge on any atom is -0.469 e. The average molecular weight is 263 g/mol. The van der Waals surface area contributed by atoms with E-state index >= 15 is 0 Å². The van der Waals surface area contributed by atoms with Crippen molar-refractivity contribution in [1.29, 1.82) is 0 Å². The molecule has 2 aliphatic heterocycles. The first-order valence-corrected chi connectivity index (χ1v) is 7.25. The van der Waals surface area contributed by atoms with Crippen molar-refractivity contribution in [3.63, 3.8) is 0 Å². The van der Waals surface area contributed by atoms with Crippen LogP contribution in [0, 0.1) is 0 Å². The third-order valence-electron chi connectivity index (χ3n) is 4.16. The third kappa shape index (κ3) is 3.00. The Morgan fingerprint density at radius 3 is 3.05 bits per heavy atom. The van der Waals surface area contributed by atoms with E-state index in [1.807, 2.05) is 17.0 Å². The van der Waals surface area contributed by atoms with Crippen molar-refractivity contribution < 1.29 is 13.9 Å². The molecule has 2 atom stereocenters. The molecule has 0 bridgehead atoms. The number of rotatable bonds is 3. The van der Waals surface area contributed by atoms with Gasteiger partial charge in [0.1, 0.15) is 5.76 Å². The lowest BCUT2D eigenvalue weighted by molar-refractivity contribution is -0.134. The number of nitrogens with zero attached hydrogens (tertiary/aromatic N) is 1. The predicted molar refractivity (Wildman–Crippen MR) is 70.9 cm³/mol. The van der Waals surface area contributed by atoms with Crippen molar-refractivity contribution in [3.05, 3.63) is 24.2 Å². The summed E-state index contributed by atoms with van der Waals surface area (Å²) in [6, 6.07) is 3.92. The van der Waals surface area contributed by atoms with Crippen LogP contribution in [0.1, 0.15) is 43.8 Å². The van der Waals surface area contributed by atoms with Gasteiger partial charge in [-0.2, -0.15) is 0 Å². The number of furan rings is 1. The van der Waals surface area contributed by atoms with E-state index in [1.165, 1.54) is 6.42 Å². The van der Waals surface area contributed by atoms with E-state index in [1.54, 1.807) is 6.26 Å². The van der Waals surface area contributed by atoms with Crippen LogP contribution in [-0.2, 0) is 9.53 Å². The van der Waals surface area contributed by atoms with Gasteiger partial charge in [0.15, 0.2) is 0 Å². The summed E-state index contributed by atoms with van der Waals surface area (Å²) in [7, 11) is 0. The van der Waals surface area contributed by atoms with Gasteiger partial charge in [-0.1, -0.05) is 0 Å². The van der Waals surface area contributed by atoms with E-state index in [-0.39, 0.29) is 12.0 Å².